The number of nitrogen functional groups attached to an aromatic ring is 1. The van der Waals surface area contributed by atoms with Crippen molar-refractivity contribution in [3.63, 3.8) is 0 Å². The quantitative estimate of drug-likeness (QED) is 0.880. The third-order valence-corrected chi connectivity index (χ3v) is 3.39. The normalized spacial score (nSPS) is 11.1. The Kier molecular flexibility index (Phi) is 4.89. The monoisotopic (exact) mass is 287 g/mol. The van der Waals surface area contributed by atoms with Gasteiger partial charge in [0, 0.05) is 18.5 Å². The molecule has 2 aromatic rings. The molecule has 0 saturated carbocycles. The highest BCUT2D eigenvalue weighted by Gasteiger charge is 2.15. The van der Waals surface area contributed by atoms with Gasteiger partial charge in [-0.25, -0.2) is 4.98 Å². The average molecular weight is 287 g/mol. The molecule has 0 aliphatic rings. The summed E-state index contributed by atoms with van der Waals surface area (Å²) in [5, 5.41) is 0. The SMILES string of the molecule is CCOc1ccc(-c2nc(CC)n(CC(C)C)c2N)cc1. The van der Waals surface area contributed by atoms with E-state index in [1.165, 1.54) is 0 Å². The lowest BCUT2D eigenvalue weighted by atomic mass is 10.1. The fourth-order valence-electron chi connectivity index (χ4n) is 2.44. The van der Waals surface area contributed by atoms with E-state index < -0.39 is 0 Å². The summed E-state index contributed by atoms with van der Waals surface area (Å²) in [5.74, 6) is 3.21. The Bertz CT molecular complexity index is 585. The topological polar surface area (TPSA) is 53.1 Å². The standard InChI is InChI=1S/C17H25N3O/c1-5-15-19-16(17(18)20(15)11-12(3)4)13-7-9-14(10-8-13)21-6-2/h7-10,12H,5-6,11,18H2,1-4H3. The molecule has 4 nitrogen and oxygen atoms in total. The van der Waals surface area contributed by atoms with Crippen molar-refractivity contribution < 1.29 is 4.74 Å². The summed E-state index contributed by atoms with van der Waals surface area (Å²) < 4.78 is 7.61. The molecule has 0 atom stereocenters. The molecule has 0 bridgehead atoms. The maximum atomic E-state index is 6.33. The molecule has 0 aliphatic carbocycles. The van der Waals surface area contributed by atoms with Crippen LogP contribution in [0.1, 0.15) is 33.5 Å². The molecule has 0 unspecified atom stereocenters. The number of aryl methyl sites for hydroxylation is 1. The van der Waals surface area contributed by atoms with Gasteiger partial charge in [0.1, 0.15) is 23.1 Å². The van der Waals surface area contributed by atoms with Gasteiger partial charge in [0.05, 0.1) is 6.61 Å². The van der Waals surface area contributed by atoms with Crippen LogP contribution in [-0.4, -0.2) is 16.2 Å². The zero-order valence-electron chi connectivity index (χ0n) is 13.4. The summed E-state index contributed by atoms with van der Waals surface area (Å²) in [6, 6.07) is 7.96. The zero-order valence-corrected chi connectivity index (χ0v) is 13.4. The van der Waals surface area contributed by atoms with Gasteiger partial charge in [0.25, 0.3) is 0 Å². The number of hydrogen-bond acceptors (Lipinski definition) is 3. The summed E-state index contributed by atoms with van der Waals surface area (Å²) in [4.78, 5) is 4.72. The van der Waals surface area contributed by atoms with Crippen LogP contribution >= 0.6 is 0 Å². The molecule has 1 heterocycles. The van der Waals surface area contributed by atoms with Gasteiger partial charge in [0.15, 0.2) is 0 Å². The first-order chi connectivity index (χ1) is 10.1. The van der Waals surface area contributed by atoms with E-state index in [2.05, 4.69) is 25.3 Å². The van der Waals surface area contributed by atoms with Gasteiger partial charge in [0.2, 0.25) is 0 Å². The van der Waals surface area contributed by atoms with Gasteiger partial charge < -0.3 is 15.0 Å². The number of ether oxygens (including phenoxy) is 1. The van der Waals surface area contributed by atoms with Gasteiger partial charge in [-0.1, -0.05) is 20.8 Å². The van der Waals surface area contributed by atoms with Crippen molar-refractivity contribution >= 4 is 5.82 Å². The summed E-state index contributed by atoms with van der Waals surface area (Å²) in [5.41, 5.74) is 8.23. The van der Waals surface area contributed by atoms with Crippen LogP contribution in [0.4, 0.5) is 5.82 Å². The van der Waals surface area contributed by atoms with E-state index in [0.717, 1.165) is 41.6 Å². The van der Waals surface area contributed by atoms with Crippen molar-refractivity contribution in [3.8, 4) is 17.0 Å². The average Bonchev–Trinajstić information content (AvgIpc) is 2.77. The Morgan fingerprint density at radius 2 is 1.86 bits per heavy atom. The van der Waals surface area contributed by atoms with E-state index in [1.807, 2.05) is 31.2 Å². The van der Waals surface area contributed by atoms with Crippen molar-refractivity contribution in [2.75, 3.05) is 12.3 Å². The molecule has 1 aromatic heterocycles. The minimum Gasteiger partial charge on any atom is -0.494 e. The molecule has 0 aliphatic heterocycles. The maximum Gasteiger partial charge on any atom is 0.131 e. The van der Waals surface area contributed by atoms with Crippen LogP contribution in [0.5, 0.6) is 5.75 Å². The van der Waals surface area contributed by atoms with Crippen molar-refractivity contribution in [2.24, 2.45) is 5.92 Å². The number of hydrogen-bond donors (Lipinski definition) is 1. The van der Waals surface area contributed by atoms with Gasteiger partial charge in [-0.2, -0.15) is 0 Å². The smallest absolute Gasteiger partial charge is 0.131 e. The second kappa shape index (κ2) is 6.66. The Morgan fingerprint density at radius 3 is 2.38 bits per heavy atom. The van der Waals surface area contributed by atoms with Crippen molar-refractivity contribution in [1.82, 2.24) is 9.55 Å². The fraction of sp³-hybridized carbons (Fsp3) is 0.471. The molecule has 0 radical (unpaired) electrons. The van der Waals surface area contributed by atoms with Crippen molar-refractivity contribution in [3.05, 3.63) is 30.1 Å². The minimum absolute atomic E-state index is 0.542. The lowest BCUT2D eigenvalue weighted by molar-refractivity contribution is 0.340. The van der Waals surface area contributed by atoms with Crippen LogP contribution < -0.4 is 10.5 Å². The minimum atomic E-state index is 0.542. The molecule has 0 saturated heterocycles. The van der Waals surface area contributed by atoms with E-state index in [-0.39, 0.29) is 0 Å². The molecule has 0 fully saturated rings. The van der Waals surface area contributed by atoms with E-state index in [4.69, 9.17) is 15.5 Å². The summed E-state index contributed by atoms with van der Waals surface area (Å²) >= 11 is 0. The van der Waals surface area contributed by atoms with Gasteiger partial charge in [-0.3, -0.25) is 0 Å². The fourth-order valence-corrected chi connectivity index (χ4v) is 2.44. The molecule has 1 aromatic carbocycles. The Hall–Kier alpha value is -1.97. The van der Waals surface area contributed by atoms with Crippen molar-refractivity contribution in [2.45, 2.75) is 40.7 Å². The first-order valence-corrected chi connectivity index (χ1v) is 7.64. The zero-order chi connectivity index (χ0) is 15.4. The summed E-state index contributed by atoms with van der Waals surface area (Å²) in [6.45, 7) is 10.0. The molecular weight excluding hydrogens is 262 g/mol. The number of nitrogens with two attached hydrogens (primary N) is 1. The van der Waals surface area contributed by atoms with Crippen LogP contribution in [0.25, 0.3) is 11.3 Å². The van der Waals surface area contributed by atoms with Gasteiger partial charge in [-0.15, -0.1) is 0 Å². The highest BCUT2D eigenvalue weighted by Crippen LogP contribution is 2.28. The molecule has 2 N–H and O–H groups in total. The number of rotatable bonds is 6. The molecule has 0 spiro atoms. The summed E-state index contributed by atoms with van der Waals surface area (Å²) in [6.07, 6.45) is 0.883. The third kappa shape index (κ3) is 3.38. The molecule has 4 heteroatoms. The first kappa shape index (κ1) is 15.4. The predicted octanol–water partition coefficient (Wildman–Crippen LogP) is 3.75. The second-order valence-corrected chi connectivity index (χ2v) is 5.58. The predicted molar refractivity (Wildman–Crippen MR) is 87.5 cm³/mol. The molecule has 0 amide bonds. The molecule has 114 valence electrons. The first-order valence-electron chi connectivity index (χ1n) is 7.64. The summed E-state index contributed by atoms with van der Waals surface area (Å²) in [7, 11) is 0. The highest BCUT2D eigenvalue weighted by atomic mass is 16.5. The number of nitrogens with zero attached hydrogens (tertiary/aromatic N) is 2. The number of aromatic nitrogens is 2. The van der Waals surface area contributed by atoms with Crippen LogP contribution in [0.2, 0.25) is 0 Å². The van der Waals surface area contributed by atoms with E-state index in [9.17, 15) is 0 Å². The Morgan fingerprint density at radius 1 is 1.19 bits per heavy atom. The van der Waals surface area contributed by atoms with Crippen LogP contribution in [0.15, 0.2) is 24.3 Å². The van der Waals surface area contributed by atoms with Gasteiger partial charge in [-0.05, 0) is 37.1 Å². The molecule has 21 heavy (non-hydrogen) atoms. The lowest BCUT2D eigenvalue weighted by Crippen LogP contribution is -2.10. The van der Waals surface area contributed by atoms with Crippen molar-refractivity contribution in [1.29, 1.82) is 0 Å². The van der Waals surface area contributed by atoms with Crippen LogP contribution in [0.3, 0.4) is 0 Å². The molecule has 2 rings (SSSR count). The lowest BCUT2D eigenvalue weighted by Gasteiger charge is -2.11. The van der Waals surface area contributed by atoms with Gasteiger partial charge >= 0.3 is 0 Å². The Balaban J connectivity index is 2.37. The van der Waals surface area contributed by atoms with Crippen LogP contribution in [-0.2, 0) is 13.0 Å². The number of anilines is 1. The third-order valence-electron chi connectivity index (χ3n) is 3.39. The number of benzene rings is 1. The van der Waals surface area contributed by atoms with E-state index in [0.29, 0.717) is 12.5 Å². The van der Waals surface area contributed by atoms with E-state index >= 15 is 0 Å². The van der Waals surface area contributed by atoms with E-state index in [1.54, 1.807) is 0 Å². The number of imidazole rings is 1. The Labute approximate surface area is 127 Å². The molecular formula is C17H25N3O. The van der Waals surface area contributed by atoms with Crippen LogP contribution in [0, 0.1) is 5.92 Å². The maximum absolute atomic E-state index is 6.33. The second-order valence-electron chi connectivity index (χ2n) is 5.58. The largest absolute Gasteiger partial charge is 0.494 e. The highest BCUT2D eigenvalue weighted by molar-refractivity contribution is 5.71.